The van der Waals surface area contributed by atoms with Crippen LogP contribution in [0.15, 0.2) is 24.3 Å². The van der Waals surface area contributed by atoms with Crippen molar-refractivity contribution in [3.05, 3.63) is 35.9 Å². The molecule has 0 amide bonds. The highest BCUT2D eigenvalue weighted by molar-refractivity contribution is 7.91. The van der Waals surface area contributed by atoms with Gasteiger partial charge in [-0.3, -0.25) is 5.10 Å². The van der Waals surface area contributed by atoms with Gasteiger partial charge < -0.3 is 9.64 Å². The van der Waals surface area contributed by atoms with E-state index in [1.54, 1.807) is 17.0 Å². The smallest absolute Gasteiger partial charge is 0.244 e. The van der Waals surface area contributed by atoms with Gasteiger partial charge in [0.25, 0.3) is 0 Å². The molecule has 22 heavy (non-hydrogen) atoms. The van der Waals surface area contributed by atoms with Gasteiger partial charge in [0.2, 0.25) is 5.95 Å². The van der Waals surface area contributed by atoms with Crippen molar-refractivity contribution >= 4 is 15.8 Å². The summed E-state index contributed by atoms with van der Waals surface area (Å²) in [6.45, 7) is 0.793. The second kappa shape index (κ2) is 5.91. The highest BCUT2D eigenvalue weighted by Gasteiger charge is 2.24. The molecular formula is C13H15FN4O3S. The molecule has 1 fully saturated rings. The molecule has 9 heteroatoms. The predicted octanol–water partition coefficient (Wildman–Crippen LogP) is 0.758. The van der Waals surface area contributed by atoms with E-state index in [1.165, 1.54) is 12.1 Å². The van der Waals surface area contributed by atoms with Crippen LogP contribution in [0.5, 0.6) is 5.75 Å². The third-order valence-electron chi connectivity index (χ3n) is 3.35. The molecule has 0 unspecified atom stereocenters. The number of rotatable bonds is 4. The number of halogens is 1. The summed E-state index contributed by atoms with van der Waals surface area (Å²) in [5, 5.41) is 6.76. The molecule has 2 heterocycles. The van der Waals surface area contributed by atoms with Crippen LogP contribution in [0.1, 0.15) is 5.82 Å². The molecule has 0 bridgehead atoms. The minimum atomic E-state index is -2.94. The van der Waals surface area contributed by atoms with E-state index in [4.69, 9.17) is 4.74 Å². The second-order valence-electron chi connectivity index (χ2n) is 4.94. The molecule has 0 atom stereocenters. The lowest BCUT2D eigenvalue weighted by atomic mass is 10.3. The minimum absolute atomic E-state index is 0.0556. The summed E-state index contributed by atoms with van der Waals surface area (Å²) in [5.41, 5.74) is 0. The fourth-order valence-electron chi connectivity index (χ4n) is 2.11. The number of benzene rings is 1. The van der Waals surface area contributed by atoms with Crippen LogP contribution in [0.2, 0.25) is 0 Å². The number of aromatic nitrogens is 3. The first-order chi connectivity index (χ1) is 10.5. The van der Waals surface area contributed by atoms with Crippen LogP contribution in [-0.4, -0.2) is 48.2 Å². The van der Waals surface area contributed by atoms with Crippen LogP contribution in [-0.2, 0) is 16.4 Å². The van der Waals surface area contributed by atoms with Gasteiger partial charge in [-0.25, -0.2) is 12.8 Å². The molecule has 1 N–H and O–H groups in total. The van der Waals surface area contributed by atoms with E-state index in [0.29, 0.717) is 24.9 Å². The molecule has 1 aromatic carbocycles. The summed E-state index contributed by atoms with van der Waals surface area (Å²) in [6, 6.07) is 6.11. The highest BCUT2D eigenvalue weighted by Crippen LogP contribution is 2.17. The molecule has 0 aliphatic carbocycles. The fourth-order valence-corrected chi connectivity index (χ4v) is 3.31. The van der Waals surface area contributed by atoms with Crippen molar-refractivity contribution in [1.82, 2.24) is 15.2 Å². The lowest BCUT2D eigenvalue weighted by Gasteiger charge is -2.25. The molecule has 0 radical (unpaired) electrons. The molecule has 118 valence electrons. The van der Waals surface area contributed by atoms with Crippen molar-refractivity contribution in [2.75, 3.05) is 29.5 Å². The van der Waals surface area contributed by atoms with E-state index >= 15 is 0 Å². The number of nitrogens with zero attached hydrogens (tertiary/aromatic N) is 3. The van der Waals surface area contributed by atoms with Crippen molar-refractivity contribution in [2.45, 2.75) is 6.61 Å². The number of ether oxygens (including phenoxy) is 1. The highest BCUT2D eigenvalue weighted by atomic mass is 32.2. The number of H-pyrrole nitrogens is 1. The topological polar surface area (TPSA) is 88.2 Å². The van der Waals surface area contributed by atoms with Gasteiger partial charge in [0.1, 0.15) is 6.61 Å². The first-order valence-corrected chi connectivity index (χ1v) is 8.60. The van der Waals surface area contributed by atoms with Gasteiger partial charge in [0.15, 0.2) is 27.2 Å². The number of hydrogen-bond acceptors (Lipinski definition) is 6. The summed E-state index contributed by atoms with van der Waals surface area (Å²) in [7, 11) is -2.94. The maximum absolute atomic E-state index is 13.4. The number of sulfone groups is 1. The Hall–Kier alpha value is -2.16. The molecule has 1 saturated heterocycles. The zero-order valence-electron chi connectivity index (χ0n) is 11.7. The predicted molar refractivity (Wildman–Crippen MR) is 78.0 cm³/mol. The zero-order chi connectivity index (χ0) is 15.6. The van der Waals surface area contributed by atoms with Crippen molar-refractivity contribution in [2.24, 2.45) is 0 Å². The van der Waals surface area contributed by atoms with Gasteiger partial charge in [0.05, 0.1) is 11.5 Å². The number of para-hydroxylation sites is 1. The Balaban J connectivity index is 1.61. The summed E-state index contributed by atoms with van der Waals surface area (Å²) in [5.74, 6) is 0.785. The average molecular weight is 326 g/mol. The largest absolute Gasteiger partial charge is 0.483 e. The third kappa shape index (κ3) is 3.35. The van der Waals surface area contributed by atoms with Gasteiger partial charge in [-0.1, -0.05) is 12.1 Å². The normalized spacial score (nSPS) is 17.4. The van der Waals surface area contributed by atoms with E-state index in [2.05, 4.69) is 15.2 Å². The lowest BCUT2D eigenvalue weighted by molar-refractivity contribution is 0.281. The van der Waals surface area contributed by atoms with Crippen molar-refractivity contribution < 1.29 is 17.5 Å². The van der Waals surface area contributed by atoms with Gasteiger partial charge in [-0.05, 0) is 12.1 Å². The quantitative estimate of drug-likeness (QED) is 0.892. The molecular weight excluding hydrogens is 311 g/mol. The number of anilines is 1. The Labute approximate surface area is 127 Å². The number of aromatic amines is 1. The molecule has 1 aromatic heterocycles. The monoisotopic (exact) mass is 326 g/mol. The Kier molecular flexibility index (Phi) is 3.97. The van der Waals surface area contributed by atoms with Crippen LogP contribution in [0.4, 0.5) is 10.3 Å². The number of hydrogen-bond donors (Lipinski definition) is 1. The molecule has 0 spiro atoms. The standard InChI is InChI=1S/C13H15FN4O3S/c14-10-3-1-2-4-11(10)21-9-12-15-13(17-16-12)18-5-7-22(19,20)8-6-18/h1-4H,5-9H2,(H,15,16,17). The summed E-state index contributed by atoms with van der Waals surface area (Å²) in [4.78, 5) is 6.04. The molecule has 1 aliphatic heterocycles. The van der Waals surface area contributed by atoms with E-state index in [9.17, 15) is 12.8 Å². The van der Waals surface area contributed by atoms with Crippen molar-refractivity contribution in [3.63, 3.8) is 0 Å². The first-order valence-electron chi connectivity index (χ1n) is 6.77. The third-order valence-corrected chi connectivity index (χ3v) is 4.96. The minimum Gasteiger partial charge on any atom is -0.483 e. The Morgan fingerprint density at radius 3 is 2.73 bits per heavy atom. The maximum atomic E-state index is 13.4. The van der Waals surface area contributed by atoms with E-state index in [0.717, 1.165) is 0 Å². The second-order valence-corrected chi connectivity index (χ2v) is 7.24. The van der Waals surface area contributed by atoms with Gasteiger partial charge in [-0.2, -0.15) is 4.98 Å². The van der Waals surface area contributed by atoms with Crippen LogP contribution in [0, 0.1) is 5.82 Å². The van der Waals surface area contributed by atoms with Gasteiger partial charge in [-0.15, -0.1) is 5.10 Å². The molecule has 3 rings (SSSR count). The molecule has 2 aromatic rings. The molecule has 1 aliphatic rings. The van der Waals surface area contributed by atoms with E-state index in [-0.39, 0.29) is 23.9 Å². The van der Waals surface area contributed by atoms with Crippen LogP contribution >= 0.6 is 0 Å². The molecule has 0 saturated carbocycles. The van der Waals surface area contributed by atoms with Crippen LogP contribution < -0.4 is 9.64 Å². The Bertz CT molecular complexity index is 748. The SMILES string of the molecule is O=S1(=O)CCN(c2n[nH]c(COc3ccccc3F)n2)CC1. The van der Waals surface area contributed by atoms with Crippen molar-refractivity contribution in [3.8, 4) is 5.75 Å². The number of nitrogens with one attached hydrogen (secondary N) is 1. The van der Waals surface area contributed by atoms with Crippen LogP contribution in [0.25, 0.3) is 0 Å². The summed E-state index contributed by atoms with van der Waals surface area (Å²) < 4.78 is 41.5. The van der Waals surface area contributed by atoms with Gasteiger partial charge >= 0.3 is 0 Å². The molecule has 7 nitrogen and oxygen atoms in total. The average Bonchev–Trinajstić information content (AvgIpc) is 2.95. The van der Waals surface area contributed by atoms with Crippen molar-refractivity contribution in [1.29, 1.82) is 0 Å². The van der Waals surface area contributed by atoms with E-state index < -0.39 is 15.7 Å². The summed E-state index contributed by atoms with van der Waals surface area (Å²) in [6.07, 6.45) is 0. The van der Waals surface area contributed by atoms with E-state index in [1.807, 2.05) is 0 Å². The van der Waals surface area contributed by atoms with Gasteiger partial charge in [0, 0.05) is 13.1 Å². The zero-order valence-corrected chi connectivity index (χ0v) is 12.5. The fraction of sp³-hybridized carbons (Fsp3) is 0.385. The maximum Gasteiger partial charge on any atom is 0.244 e. The summed E-state index contributed by atoms with van der Waals surface area (Å²) >= 11 is 0. The Morgan fingerprint density at radius 1 is 1.27 bits per heavy atom. The Morgan fingerprint density at radius 2 is 2.00 bits per heavy atom. The van der Waals surface area contributed by atoms with Crippen LogP contribution in [0.3, 0.4) is 0 Å². The first kappa shape index (κ1) is 14.8. The lowest BCUT2D eigenvalue weighted by Crippen LogP contribution is -2.40.